The molecule has 5 nitrogen and oxygen atoms in total. The molecule has 2 atom stereocenters. The van der Waals surface area contributed by atoms with Crippen LogP contribution in [-0.4, -0.2) is 48.8 Å². The number of aliphatic hydroxyl groups is 1. The minimum absolute atomic E-state index is 0.0321. The van der Waals surface area contributed by atoms with Gasteiger partial charge in [-0.1, -0.05) is 19.4 Å². The van der Waals surface area contributed by atoms with Gasteiger partial charge in [0.05, 0.1) is 18.2 Å². The van der Waals surface area contributed by atoms with Crippen LogP contribution in [-0.2, 0) is 0 Å². The average molecular weight is 343 g/mol. The van der Waals surface area contributed by atoms with E-state index in [1.165, 1.54) is 18.2 Å². The van der Waals surface area contributed by atoms with E-state index in [4.69, 9.17) is 0 Å². The van der Waals surface area contributed by atoms with Crippen LogP contribution in [0.15, 0.2) is 18.2 Å². The topological polar surface area (TPSA) is 64.6 Å². The number of hydrogen-bond donors (Lipinski definition) is 3. The monoisotopic (exact) mass is 343 g/mol. The number of halogens is 2. The Kier molecular flexibility index (Phi) is 7.57. The lowest BCUT2D eigenvalue weighted by Gasteiger charge is -2.30. The second kappa shape index (κ2) is 8.94. The van der Waals surface area contributed by atoms with Gasteiger partial charge in [0.15, 0.2) is 0 Å². The lowest BCUT2D eigenvalue weighted by atomic mass is 9.97. The van der Waals surface area contributed by atoms with E-state index < -0.39 is 29.2 Å². The third kappa shape index (κ3) is 5.42. The van der Waals surface area contributed by atoms with Gasteiger partial charge in [0.1, 0.15) is 11.6 Å². The Morgan fingerprint density at radius 1 is 1.33 bits per heavy atom. The summed E-state index contributed by atoms with van der Waals surface area (Å²) in [6.07, 6.45) is 1.42. The van der Waals surface area contributed by atoms with Crippen LogP contribution in [0.5, 0.6) is 0 Å². The number of urea groups is 1. The predicted molar refractivity (Wildman–Crippen MR) is 89.7 cm³/mol. The van der Waals surface area contributed by atoms with Gasteiger partial charge < -0.3 is 20.6 Å². The zero-order chi connectivity index (χ0) is 18.3. The predicted octanol–water partition coefficient (Wildman–Crippen LogP) is 2.42. The summed E-state index contributed by atoms with van der Waals surface area (Å²) < 4.78 is 28.0. The van der Waals surface area contributed by atoms with E-state index in [-0.39, 0.29) is 18.7 Å². The Hall–Kier alpha value is -1.73. The van der Waals surface area contributed by atoms with E-state index in [2.05, 4.69) is 10.6 Å². The highest BCUT2D eigenvalue weighted by Gasteiger charge is 2.26. The van der Waals surface area contributed by atoms with Crippen LogP contribution in [0.4, 0.5) is 13.6 Å². The maximum Gasteiger partial charge on any atom is 0.315 e. The zero-order valence-corrected chi connectivity index (χ0v) is 14.7. The summed E-state index contributed by atoms with van der Waals surface area (Å²) in [5.41, 5.74) is -0.809. The highest BCUT2D eigenvalue weighted by atomic mass is 19.1. The number of amides is 2. The molecule has 0 aliphatic heterocycles. The fourth-order valence-electron chi connectivity index (χ4n) is 2.61. The summed E-state index contributed by atoms with van der Waals surface area (Å²) >= 11 is 0. The second-order valence-corrected chi connectivity index (χ2v) is 6.42. The van der Waals surface area contributed by atoms with Crippen molar-refractivity contribution >= 4 is 6.03 Å². The molecule has 0 saturated carbocycles. The highest BCUT2D eigenvalue weighted by molar-refractivity contribution is 5.74. The number of likely N-dealkylation sites (N-methyl/N-ethyl adjacent to an activating group) is 1. The van der Waals surface area contributed by atoms with Crippen LogP contribution in [0.1, 0.15) is 38.3 Å². The molecule has 0 radical (unpaired) electrons. The summed E-state index contributed by atoms with van der Waals surface area (Å²) in [6.45, 7) is 3.55. The number of aliphatic hydroxyl groups excluding tert-OH is 1. The SMILES string of the molecule is CCCC(C)(CO)NC(=O)NCC(c1c(F)cccc1F)N(C)C. The molecule has 0 aliphatic rings. The molecule has 0 aliphatic carbocycles. The van der Waals surface area contributed by atoms with Crippen molar-refractivity contribution in [1.29, 1.82) is 0 Å². The van der Waals surface area contributed by atoms with E-state index in [0.717, 1.165) is 6.42 Å². The summed E-state index contributed by atoms with van der Waals surface area (Å²) in [5, 5.41) is 14.8. The van der Waals surface area contributed by atoms with E-state index in [1.807, 2.05) is 6.92 Å². The van der Waals surface area contributed by atoms with Crippen molar-refractivity contribution in [3.63, 3.8) is 0 Å². The fourth-order valence-corrected chi connectivity index (χ4v) is 2.61. The van der Waals surface area contributed by atoms with Crippen molar-refractivity contribution in [2.24, 2.45) is 0 Å². The maximum absolute atomic E-state index is 14.0. The quantitative estimate of drug-likeness (QED) is 0.679. The van der Waals surface area contributed by atoms with Gasteiger partial charge >= 0.3 is 6.03 Å². The minimum Gasteiger partial charge on any atom is -0.394 e. The van der Waals surface area contributed by atoms with Crippen LogP contribution < -0.4 is 10.6 Å². The molecule has 2 unspecified atom stereocenters. The number of carbonyl (C=O) groups is 1. The minimum atomic E-state index is -0.726. The summed E-state index contributed by atoms with van der Waals surface area (Å²) in [7, 11) is 3.37. The lowest BCUT2D eigenvalue weighted by molar-refractivity contribution is 0.162. The average Bonchev–Trinajstić information content (AvgIpc) is 2.49. The highest BCUT2D eigenvalue weighted by Crippen LogP contribution is 2.23. The van der Waals surface area contributed by atoms with Crippen molar-refractivity contribution < 1.29 is 18.7 Å². The Balaban J connectivity index is 2.79. The van der Waals surface area contributed by atoms with Crippen molar-refractivity contribution in [1.82, 2.24) is 15.5 Å². The van der Waals surface area contributed by atoms with E-state index in [1.54, 1.807) is 25.9 Å². The largest absolute Gasteiger partial charge is 0.394 e. The molecule has 0 aromatic heterocycles. The van der Waals surface area contributed by atoms with E-state index in [9.17, 15) is 18.7 Å². The molecule has 7 heteroatoms. The van der Waals surface area contributed by atoms with E-state index in [0.29, 0.717) is 6.42 Å². The second-order valence-electron chi connectivity index (χ2n) is 6.42. The summed E-state index contributed by atoms with van der Waals surface area (Å²) in [5.74, 6) is -1.30. The molecular formula is C17H27F2N3O2. The number of benzene rings is 1. The molecular weight excluding hydrogens is 316 g/mol. The summed E-state index contributed by atoms with van der Waals surface area (Å²) in [4.78, 5) is 13.7. The van der Waals surface area contributed by atoms with Crippen molar-refractivity contribution in [3.8, 4) is 0 Å². The first-order chi connectivity index (χ1) is 11.2. The van der Waals surface area contributed by atoms with Gasteiger partial charge in [-0.05, 0) is 39.6 Å². The maximum atomic E-state index is 14.0. The van der Waals surface area contributed by atoms with Gasteiger partial charge in [0.25, 0.3) is 0 Å². The van der Waals surface area contributed by atoms with Gasteiger partial charge in [-0.3, -0.25) is 0 Å². The van der Waals surface area contributed by atoms with Crippen LogP contribution in [0.3, 0.4) is 0 Å². The lowest BCUT2D eigenvalue weighted by Crippen LogP contribution is -2.53. The van der Waals surface area contributed by atoms with Gasteiger partial charge in [-0.15, -0.1) is 0 Å². The van der Waals surface area contributed by atoms with Crippen LogP contribution in [0.2, 0.25) is 0 Å². The summed E-state index contributed by atoms with van der Waals surface area (Å²) in [6, 6.07) is 2.56. The van der Waals surface area contributed by atoms with Crippen molar-refractivity contribution in [2.45, 2.75) is 38.3 Å². The number of nitrogens with zero attached hydrogens (tertiary/aromatic N) is 1. The van der Waals surface area contributed by atoms with E-state index >= 15 is 0 Å². The first-order valence-corrected chi connectivity index (χ1v) is 8.01. The molecule has 0 spiro atoms. The van der Waals surface area contributed by atoms with Crippen molar-refractivity contribution in [3.05, 3.63) is 35.4 Å². The van der Waals surface area contributed by atoms with Crippen LogP contribution in [0, 0.1) is 11.6 Å². The Morgan fingerprint density at radius 3 is 2.38 bits per heavy atom. The molecule has 136 valence electrons. The van der Waals surface area contributed by atoms with Gasteiger partial charge in [-0.2, -0.15) is 0 Å². The molecule has 1 rings (SSSR count). The number of carbonyl (C=O) groups excluding carboxylic acids is 1. The molecule has 1 aromatic carbocycles. The number of hydrogen-bond acceptors (Lipinski definition) is 3. The Bertz CT molecular complexity index is 534. The van der Waals surface area contributed by atoms with Gasteiger partial charge in [0, 0.05) is 12.1 Å². The standard InChI is InChI=1S/C17H27F2N3O2/c1-5-9-17(2,11-23)21-16(24)20-10-14(22(3)4)15-12(18)7-6-8-13(15)19/h6-8,14,23H,5,9-11H2,1-4H3,(H2,20,21,24). The first kappa shape index (κ1) is 20.3. The molecule has 2 amide bonds. The molecule has 0 fully saturated rings. The van der Waals surface area contributed by atoms with Crippen molar-refractivity contribution in [2.75, 3.05) is 27.2 Å². The van der Waals surface area contributed by atoms with Gasteiger partial charge in [0.2, 0.25) is 0 Å². The number of nitrogens with one attached hydrogen (secondary N) is 2. The normalized spacial score (nSPS) is 15.0. The molecule has 0 heterocycles. The number of rotatable bonds is 8. The smallest absolute Gasteiger partial charge is 0.315 e. The molecule has 0 bridgehead atoms. The third-order valence-electron chi connectivity index (χ3n) is 3.98. The molecule has 24 heavy (non-hydrogen) atoms. The molecule has 1 aromatic rings. The third-order valence-corrected chi connectivity index (χ3v) is 3.98. The zero-order valence-electron chi connectivity index (χ0n) is 14.7. The first-order valence-electron chi connectivity index (χ1n) is 8.01. The molecule has 3 N–H and O–H groups in total. The Labute approximate surface area is 142 Å². The fraction of sp³-hybridized carbons (Fsp3) is 0.588. The molecule has 0 saturated heterocycles. The van der Waals surface area contributed by atoms with Gasteiger partial charge in [-0.25, -0.2) is 13.6 Å². The van der Waals surface area contributed by atoms with Crippen LogP contribution >= 0.6 is 0 Å². The Morgan fingerprint density at radius 2 is 1.92 bits per heavy atom. The van der Waals surface area contributed by atoms with Crippen LogP contribution in [0.25, 0.3) is 0 Å².